The van der Waals surface area contributed by atoms with Crippen LogP contribution in [0, 0.1) is 10.1 Å². The molecule has 0 spiro atoms. The van der Waals surface area contributed by atoms with Crippen LogP contribution < -0.4 is 15.2 Å². The van der Waals surface area contributed by atoms with Gasteiger partial charge in [0.2, 0.25) is 0 Å². The van der Waals surface area contributed by atoms with Gasteiger partial charge in [0.05, 0.1) is 18.1 Å². The SMILES string of the molecule is CCOC1C(N)CC1Oc1ccc(OC)cc1[N+](=O)[O-]. The van der Waals surface area contributed by atoms with Gasteiger partial charge in [0.15, 0.2) is 5.75 Å². The van der Waals surface area contributed by atoms with E-state index in [9.17, 15) is 10.1 Å². The number of methoxy groups -OCH3 is 1. The molecule has 2 rings (SSSR count). The van der Waals surface area contributed by atoms with Crippen LogP contribution >= 0.6 is 0 Å². The number of nitrogens with zero attached hydrogens (tertiary/aromatic N) is 1. The lowest BCUT2D eigenvalue weighted by Gasteiger charge is -2.41. The first-order valence-electron chi connectivity index (χ1n) is 6.43. The molecule has 1 saturated carbocycles. The van der Waals surface area contributed by atoms with E-state index in [1.807, 2.05) is 6.92 Å². The van der Waals surface area contributed by atoms with Gasteiger partial charge in [0.1, 0.15) is 18.0 Å². The first-order chi connectivity index (χ1) is 9.56. The lowest BCUT2D eigenvalue weighted by Crippen LogP contribution is -2.59. The van der Waals surface area contributed by atoms with Crippen molar-refractivity contribution in [1.29, 1.82) is 0 Å². The zero-order chi connectivity index (χ0) is 14.7. The summed E-state index contributed by atoms with van der Waals surface area (Å²) in [6.45, 7) is 2.40. The van der Waals surface area contributed by atoms with Crippen molar-refractivity contribution in [2.24, 2.45) is 5.73 Å². The average Bonchev–Trinajstić information content (AvgIpc) is 2.44. The third kappa shape index (κ3) is 2.83. The highest BCUT2D eigenvalue weighted by Gasteiger charge is 2.42. The second kappa shape index (κ2) is 6.06. The van der Waals surface area contributed by atoms with Gasteiger partial charge in [-0.3, -0.25) is 10.1 Å². The number of nitro benzene ring substituents is 1. The lowest BCUT2D eigenvalue weighted by molar-refractivity contribution is -0.386. The minimum absolute atomic E-state index is 0.0859. The smallest absolute Gasteiger partial charge is 0.314 e. The monoisotopic (exact) mass is 282 g/mol. The summed E-state index contributed by atoms with van der Waals surface area (Å²) in [5.41, 5.74) is 5.71. The van der Waals surface area contributed by atoms with Gasteiger partial charge >= 0.3 is 5.69 Å². The molecular formula is C13H18N2O5. The first-order valence-corrected chi connectivity index (χ1v) is 6.43. The van der Waals surface area contributed by atoms with Gasteiger partial charge in [-0.2, -0.15) is 0 Å². The van der Waals surface area contributed by atoms with Crippen molar-refractivity contribution in [3.8, 4) is 11.5 Å². The van der Waals surface area contributed by atoms with Crippen LogP contribution in [0.15, 0.2) is 18.2 Å². The molecular weight excluding hydrogens is 264 g/mol. The van der Waals surface area contributed by atoms with Gasteiger partial charge in [-0.25, -0.2) is 0 Å². The van der Waals surface area contributed by atoms with E-state index in [0.29, 0.717) is 18.8 Å². The van der Waals surface area contributed by atoms with E-state index in [4.69, 9.17) is 19.9 Å². The summed E-state index contributed by atoms with van der Waals surface area (Å²) < 4.78 is 16.1. The highest BCUT2D eigenvalue weighted by atomic mass is 16.6. The fourth-order valence-electron chi connectivity index (χ4n) is 2.18. The molecule has 3 atom stereocenters. The Balaban J connectivity index is 2.15. The number of hydrogen-bond acceptors (Lipinski definition) is 6. The third-order valence-electron chi connectivity index (χ3n) is 3.29. The van der Waals surface area contributed by atoms with Crippen molar-refractivity contribution in [3.63, 3.8) is 0 Å². The molecule has 0 saturated heterocycles. The molecule has 0 amide bonds. The van der Waals surface area contributed by atoms with Crippen LogP contribution in [-0.4, -0.2) is 36.9 Å². The van der Waals surface area contributed by atoms with Crippen LogP contribution in [0.25, 0.3) is 0 Å². The molecule has 0 aliphatic heterocycles. The number of ether oxygens (including phenoxy) is 3. The Morgan fingerprint density at radius 2 is 2.25 bits per heavy atom. The summed E-state index contributed by atoms with van der Waals surface area (Å²) in [5, 5.41) is 11.1. The Hall–Kier alpha value is -1.86. The van der Waals surface area contributed by atoms with Crippen LogP contribution in [0.5, 0.6) is 11.5 Å². The Morgan fingerprint density at radius 1 is 1.50 bits per heavy atom. The van der Waals surface area contributed by atoms with Gasteiger partial charge in [-0.05, 0) is 19.1 Å². The number of nitrogens with two attached hydrogens (primary N) is 1. The second-order valence-electron chi connectivity index (χ2n) is 4.57. The molecule has 7 heteroatoms. The standard InChI is InChI=1S/C13H18N2O5/c1-3-19-13-9(14)7-12(13)20-11-5-4-8(18-2)6-10(11)15(16)17/h4-6,9,12-13H,3,7,14H2,1-2H3. The van der Waals surface area contributed by atoms with Crippen molar-refractivity contribution in [3.05, 3.63) is 28.3 Å². The molecule has 1 aromatic rings. The minimum Gasteiger partial charge on any atom is -0.496 e. The fourth-order valence-corrected chi connectivity index (χ4v) is 2.18. The number of benzene rings is 1. The number of hydrogen-bond donors (Lipinski definition) is 1. The summed E-state index contributed by atoms with van der Waals surface area (Å²) in [6, 6.07) is 4.40. The normalized spacial score (nSPS) is 24.9. The van der Waals surface area contributed by atoms with Crippen molar-refractivity contribution in [1.82, 2.24) is 0 Å². The quantitative estimate of drug-likeness (QED) is 0.627. The van der Waals surface area contributed by atoms with Crippen LogP contribution in [-0.2, 0) is 4.74 Å². The minimum atomic E-state index is -0.494. The van der Waals surface area contributed by atoms with Gasteiger partial charge in [0.25, 0.3) is 0 Å². The molecule has 110 valence electrons. The van der Waals surface area contributed by atoms with Crippen molar-refractivity contribution in [2.75, 3.05) is 13.7 Å². The van der Waals surface area contributed by atoms with E-state index in [-0.39, 0.29) is 29.7 Å². The zero-order valence-electron chi connectivity index (χ0n) is 11.4. The number of rotatable bonds is 6. The molecule has 20 heavy (non-hydrogen) atoms. The predicted molar refractivity (Wildman–Crippen MR) is 72.1 cm³/mol. The highest BCUT2D eigenvalue weighted by Crippen LogP contribution is 2.35. The zero-order valence-corrected chi connectivity index (χ0v) is 11.4. The Morgan fingerprint density at radius 3 is 2.80 bits per heavy atom. The summed E-state index contributed by atoms with van der Waals surface area (Å²) in [5.74, 6) is 0.619. The van der Waals surface area contributed by atoms with E-state index in [1.54, 1.807) is 6.07 Å². The third-order valence-corrected chi connectivity index (χ3v) is 3.29. The Labute approximate surface area is 116 Å². The van der Waals surface area contributed by atoms with Crippen molar-refractivity contribution < 1.29 is 19.1 Å². The highest BCUT2D eigenvalue weighted by molar-refractivity contribution is 5.51. The van der Waals surface area contributed by atoms with Crippen LogP contribution in [0.4, 0.5) is 5.69 Å². The molecule has 0 radical (unpaired) electrons. The van der Waals surface area contributed by atoms with Gasteiger partial charge in [-0.15, -0.1) is 0 Å². The molecule has 1 aliphatic carbocycles. The fraction of sp³-hybridized carbons (Fsp3) is 0.538. The van der Waals surface area contributed by atoms with Crippen molar-refractivity contribution in [2.45, 2.75) is 31.6 Å². The topological polar surface area (TPSA) is 96.9 Å². The molecule has 0 heterocycles. The van der Waals surface area contributed by atoms with E-state index < -0.39 is 4.92 Å². The predicted octanol–water partition coefficient (Wildman–Crippen LogP) is 1.49. The molecule has 0 aromatic heterocycles. The molecule has 3 unspecified atom stereocenters. The van der Waals surface area contributed by atoms with Gasteiger partial charge in [0, 0.05) is 19.1 Å². The molecule has 1 aliphatic rings. The Kier molecular flexibility index (Phi) is 4.41. The maximum Gasteiger partial charge on any atom is 0.314 e. The first kappa shape index (κ1) is 14.5. The van der Waals surface area contributed by atoms with Crippen LogP contribution in [0.2, 0.25) is 0 Å². The average molecular weight is 282 g/mol. The van der Waals surface area contributed by atoms with E-state index in [1.165, 1.54) is 19.2 Å². The Bertz CT molecular complexity index is 494. The summed E-state index contributed by atoms with van der Waals surface area (Å²) in [4.78, 5) is 10.6. The maximum absolute atomic E-state index is 11.1. The second-order valence-corrected chi connectivity index (χ2v) is 4.57. The van der Waals surface area contributed by atoms with Gasteiger partial charge in [-0.1, -0.05) is 0 Å². The van der Waals surface area contributed by atoms with E-state index in [0.717, 1.165) is 0 Å². The van der Waals surface area contributed by atoms with Crippen LogP contribution in [0.1, 0.15) is 13.3 Å². The van der Waals surface area contributed by atoms with Gasteiger partial charge < -0.3 is 19.9 Å². The molecule has 0 bridgehead atoms. The molecule has 7 nitrogen and oxygen atoms in total. The summed E-state index contributed by atoms with van der Waals surface area (Å²) in [6.07, 6.45) is 0.146. The number of nitro groups is 1. The molecule has 2 N–H and O–H groups in total. The molecule has 1 aromatic carbocycles. The molecule has 1 fully saturated rings. The maximum atomic E-state index is 11.1. The summed E-state index contributed by atoms with van der Waals surface area (Å²) >= 11 is 0. The van der Waals surface area contributed by atoms with E-state index in [2.05, 4.69) is 0 Å². The van der Waals surface area contributed by atoms with Crippen LogP contribution in [0.3, 0.4) is 0 Å². The van der Waals surface area contributed by atoms with E-state index >= 15 is 0 Å². The lowest BCUT2D eigenvalue weighted by atomic mass is 9.86. The van der Waals surface area contributed by atoms with Crippen molar-refractivity contribution >= 4 is 5.69 Å². The summed E-state index contributed by atoms with van der Waals surface area (Å²) in [7, 11) is 1.45. The largest absolute Gasteiger partial charge is 0.496 e.